The van der Waals surface area contributed by atoms with E-state index in [2.05, 4.69) is 43.3 Å². The van der Waals surface area contributed by atoms with E-state index in [1.54, 1.807) is 18.2 Å². The second kappa shape index (κ2) is 6.89. The maximum absolute atomic E-state index is 13.0. The summed E-state index contributed by atoms with van der Waals surface area (Å²) in [5, 5.41) is 6.59. The first-order valence-corrected chi connectivity index (χ1v) is 10.5. The summed E-state index contributed by atoms with van der Waals surface area (Å²) in [6.07, 6.45) is -0.0402. The Kier molecular flexibility index (Phi) is 4.82. The van der Waals surface area contributed by atoms with Crippen LogP contribution in [0, 0.1) is 16.7 Å². The zero-order chi connectivity index (χ0) is 21.9. The molecule has 0 bridgehead atoms. The molecule has 1 amide bonds. The normalized spacial score (nSPS) is 25.8. The first-order chi connectivity index (χ1) is 13.9. The predicted molar refractivity (Wildman–Crippen MR) is 109 cm³/mol. The highest BCUT2D eigenvalue weighted by atomic mass is 19.4. The number of imidazole rings is 1. The summed E-state index contributed by atoms with van der Waals surface area (Å²) in [6.45, 7) is 8.55. The number of pyridine rings is 1. The van der Waals surface area contributed by atoms with Crippen LogP contribution in [0.5, 0.6) is 0 Å². The van der Waals surface area contributed by atoms with E-state index in [1.165, 1.54) is 4.40 Å². The quantitative estimate of drug-likeness (QED) is 0.739. The van der Waals surface area contributed by atoms with Gasteiger partial charge in [-0.05, 0) is 48.6 Å². The van der Waals surface area contributed by atoms with Crippen molar-refractivity contribution < 1.29 is 18.0 Å². The fourth-order valence-corrected chi connectivity index (χ4v) is 4.99. The van der Waals surface area contributed by atoms with Gasteiger partial charge in [0.05, 0.1) is 0 Å². The molecular weight excluding hydrogens is 393 g/mol. The molecule has 0 saturated heterocycles. The van der Waals surface area contributed by atoms with E-state index < -0.39 is 11.9 Å². The molecule has 0 aliphatic heterocycles. The highest BCUT2D eigenvalue weighted by Gasteiger charge is 2.68. The Hall–Kier alpha value is -2.25. The average molecular weight is 422 g/mol. The van der Waals surface area contributed by atoms with Crippen molar-refractivity contribution in [2.75, 3.05) is 5.32 Å². The molecule has 5 nitrogen and oxygen atoms in total. The number of fused-ring (bicyclic) bond motifs is 1. The summed E-state index contributed by atoms with van der Waals surface area (Å²) < 4.78 is 40.4. The van der Waals surface area contributed by atoms with E-state index in [0.29, 0.717) is 5.82 Å². The van der Waals surface area contributed by atoms with Crippen molar-refractivity contribution in [2.24, 2.45) is 16.7 Å². The number of amides is 1. The van der Waals surface area contributed by atoms with Gasteiger partial charge in [0.15, 0.2) is 5.69 Å². The zero-order valence-corrected chi connectivity index (χ0v) is 17.8. The number of carbonyl (C=O) groups is 1. The van der Waals surface area contributed by atoms with Crippen molar-refractivity contribution in [1.82, 2.24) is 14.7 Å². The number of hydrogen-bond donors (Lipinski definition) is 2. The molecule has 2 N–H and O–H groups in total. The van der Waals surface area contributed by atoms with Crippen LogP contribution in [0.15, 0.2) is 24.4 Å². The molecule has 2 aliphatic rings. The van der Waals surface area contributed by atoms with Gasteiger partial charge >= 0.3 is 6.18 Å². The minimum Gasteiger partial charge on any atom is -0.368 e. The van der Waals surface area contributed by atoms with Gasteiger partial charge in [0, 0.05) is 24.2 Å². The van der Waals surface area contributed by atoms with Crippen LogP contribution < -0.4 is 10.6 Å². The number of anilines is 1. The third-order valence-corrected chi connectivity index (χ3v) is 7.49. The fraction of sp³-hybridized carbons (Fsp3) is 0.636. The molecule has 0 spiro atoms. The Morgan fingerprint density at radius 3 is 2.23 bits per heavy atom. The molecule has 0 unspecified atom stereocenters. The molecular formula is C22H29F3N4O. The summed E-state index contributed by atoms with van der Waals surface area (Å²) in [5.41, 5.74) is -0.583. The minimum absolute atomic E-state index is 0.0224. The number of aromatic nitrogens is 2. The van der Waals surface area contributed by atoms with Gasteiger partial charge in [-0.25, -0.2) is 4.98 Å². The van der Waals surface area contributed by atoms with E-state index in [0.717, 1.165) is 31.9 Å². The van der Waals surface area contributed by atoms with Crippen molar-refractivity contribution in [1.29, 1.82) is 0 Å². The number of nitrogens with zero attached hydrogens (tertiary/aromatic N) is 2. The summed E-state index contributed by atoms with van der Waals surface area (Å²) >= 11 is 0. The second-order valence-corrected chi connectivity index (χ2v) is 9.84. The molecule has 0 atom stereocenters. The van der Waals surface area contributed by atoms with Gasteiger partial charge in [-0.1, -0.05) is 33.8 Å². The Bertz CT molecular complexity index is 941. The Morgan fingerprint density at radius 1 is 1.07 bits per heavy atom. The molecule has 0 radical (unpaired) electrons. The number of hydrogen-bond acceptors (Lipinski definition) is 3. The van der Waals surface area contributed by atoms with Crippen LogP contribution in [0.4, 0.5) is 19.0 Å². The lowest BCUT2D eigenvalue weighted by Gasteiger charge is -2.30. The number of carbonyl (C=O) groups excluding carboxylic acids is 1. The summed E-state index contributed by atoms with van der Waals surface area (Å²) in [5.74, 6) is 0.788. The lowest BCUT2D eigenvalue weighted by molar-refractivity contribution is -0.140. The number of nitrogens with one attached hydrogen (secondary N) is 2. The topological polar surface area (TPSA) is 58.4 Å². The monoisotopic (exact) mass is 422 g/mol. The lowest BCUT2D eigenvalue weighted by Crippen LogP contribution is -2.41. The van der Waals surface area contributed by atoms with Gasteiger partial charge in [0.1, 0.15) is 11.5 Å². The van der Waals surface area contributed by atoms with Crippen LogP contribution in [0.25, 0.3) is 5.65 Å². The number of rotatable bonds is 4. The summed E-state index contributed by atoms with van der Waals surface area (Å²) in [6, 6.07) is 5.33. The van der Waals surface area contributed by atoms with Crippen molar-refractivity contribution in [3.05, 3.63) is 30.1 Å². The Morgan fingerprint density at radius 2 is 1.67 bits per heavy atom. The van der Waals surface area contributed by atoms with Crippen LogP contribution in [0.2, 0.25) is 0 Å². The highest BCUT2D eigenvalue weighted by molar-refractivity contribution is 5.84. The van der Waals surface area contributed by atoms with Crippen LogP contribution in [0.1, 0.15) is 59.1 Å². The molecule has 164 valence electrons. The van der Waals surface area contributed by atoms with E-state index in [1.807, 2.05) is 0 Å². The standard InChI is InChI=1S/C22H29F3N4O/c1-20(2)18(21(20,3)4)19(30)27-14-10-8-13(9-11-14)26-16-6-5-7-17-28-15(12-29(16)17)22(23,24)25/h5-7,12-14,18,26H,8-11H2,1-4H3,(H,27,30)/t13-,14+. The van der Waals surface area contributed by atoms with Gasteiger partial charge in [0.2, 0.25) is 5.91 Å². The Labute approximate surface area is 174 Å². The third-order valence-electron chi connectivity index (χ3n) is 7.49. The summed E-state index contributed by atoms with van der Waals surface area (Å²) in [7, 11) is 0. The van der Waals surface area contributed by atoms with E-state index in [9.17, 15) is 18.0 Å². The highest BCUT2D eigenvalue weighted by Crippen LogP contribution is 2.68. The molecule has 0 aromatic carbocycles. The maximum atomic E-state index is 13.0. The molecule has 4 rings (SSSR count). The SMILES string of the molecule is CC1(C)C(C(=O)N[C@H]2CC[C@@H](Nc3cccc4nc(C(F)(F)F)cn34)CC2)C1(C)C. The number of alkyl halides is 3. The minimum atomic E-state index is -4.47. The lowest BCUT2D eigenvalue weighted by atomic mass is 9.91. The first kappa shape index (κ1) is 21.0. The van der Waals surface area contributed by atoms with E-state index in [-0.39, 0.29) is 40.4 Å². The molecule has 2 aromatic heterocycles. The van der Waals surface area contributed by atoms with E-state index >= 15 is 0 Å². The fourth-order valence-electron chi connectivity index (χ4n) is 4.99. The van der Waals surface area contributed by atoms with Crippen molar-refractivity contribution >= 4 is 17.4 Å². The van der Waals surface area contributed by atoms with Crippen molar-refractivity contribution in [2.45, 2.75) is 71.6 Å². The molecule has 2 aromatic rings. The third kappa shape index (κ3) is 3.54. The van der Waals surface area contributed by atoms with Crippen LogP contribution in [-0.2, 0) is 11.0 Å². The second-order valence-electron chi connectivity index (χ2n) is 9.84. The molecule has 2 aliphatic carbocycles. The van der Waals surface area contributed by atoms with Gasteiger partial charge in [0.25, 0.3) is 0 Å². The van der Waals surface area contributed by atoms with Crippen molar-refractivity contribution in [3.8, 4) is 0 Å². The Balaban J connectivity index is 1.35. The molecule has 8 heteroatoms. The van der Waals surface area contributed by atoms with Crippen LogP contribution in [-0.4, -0.2) is 27.4 Å². The smallest absolute Gasteiger partial charge is 0.368 e. The van der Waals surface area contributed by atoms with E-state index in [4.69, 9.17) is 0 Å². The largest absolute Gasteiger partial charge is 0.434 e. The molecule has 30 heavy (non-hydrogen) atoms. The zero-order valence-electron chi connectivity index (χ0n) is 17.8. The average Bonchev–Trinajstić information content (AvgIpc) is 2.97. The van der Waals surface area contributed by atoms with Crippen LogP contribution >= 0.6 is 0 Å². The predicted octanol–water partition coefficient (Wildman–Crippen LogP) is 4.87. The summed E-state index contributed by atoms with van der Waals surface area (Å²) in [4.78, 5) is 16.4. The molecule has 2 heterocycles. The maximum Gasteiger partial charge on any atom is 0.434 e. The van der Waals surface area contributed by atoms with Gasteiger partial charge < -0.3 is 10.6 Å². The van der Waals surface area contributed by atoms with Gasteiger partial charge in [-0.2, -0.15) is 13.2 Å². The number of halogens is 3. The molecule has 2 saturated carbocycles. The first-order valence-electron chi connectivity index (χ1n) is 10.5. The van der Waals surface area contributed by atoms with Gasteiger partial charge in [-0.15, -0.1) is 0 Å². The van der Waals surface area contributed by atoms with Crippen molar-refractivity contribution in [3.63, 3.8) is 0 Å². The van der Waals surface area contributed by atoms with Crippen LogP contribution in [0.3, 0.4) is 0 Å². The van der Waals surface area contributed by atoms with Gasteiger partial charge in [-0.3, -0.25) is 9.20 Å². The molecule has 2 fully saturated rings.